The summed E-state index contributed by atoms with van der Waals surface area (Å²) in [6.45, 7) is 5.87. The van der Waals surface area contributed by atoms with Gasteiger partial charge < -0.3 is 10.1 Å². The minimum Gasteiger partial charge on any atom is -0.489 e. The van der Waals surface area contributed by atoms with Crippen molar-refractivity contribution >= 4 is 15.9 Å². The van der Waals surface area contributed by atoms with Crippen LogP contribution in [-0.4, -0.2) is 6.54 Å². The van der Waals surface area contributed by atoms with Crippen molar-refractivity contribution < 1.29 is 4.74 Å². The topological polar surface area (TPSA) is 21.3 Å². The lowest BCUT2D eigenvalue weighted by atomic mass is 10.0. The van der Waals surface area contributed by atoms with Gasteiger partial charge in [-0.05, 0) is 36.7 Å². The lowest BCUT2D eigenvalue weighted by molar-refractivity contribution is 0.298. The third-order valence-electron chi connectivity index (χ3n) is 3.46. The van der Waals surface area contributed by atoms with Crippen LogP contribution >= 0.6 is 15.9 Å². The molecule has 2 rings (SSSR count). The van der Waals surface area contributed by atoms with E-state index < -0.39 is 0 Å². The monoisotopic (exact) mass is 347 g/mol. The molecule has 2 aromatic carbocycles. The average Bonchev–Trinajstić information content (AvgIpc) is 2.52. The Balaban J connectivity index is 2.10. The molecule has 0 spiro atoms. The van der Waals surface area contributed by atoms with Crippen LogP contribution in [0.5, 0.6) is 5.75 Å². The van der Waals surface area contributed by atoms with Gasteiger partial charge in [0.1, 0.15) is 12.4 Å². The smallest absolute Gasteiger partial charge is 0.124 e. The molecule has 1 atom stereocenters. The van der Waals surface area contributed by atoms with E-state index in [1.807, 2.05) is 24.3 Å². The van der Waals surface area contributed by atoms with Crippen LogP contribution in [0.2, 0.25) is 0 Å². The second-order valence-corrected chi connectivity index (χ2v) is 5.89. The molecule has 112 valence electrons. The molecule has 2 nitrogen and oxygen atoms in total. The van der Waals surface area contributed by atoms with Gasteiger partial charge in [-0.2, -0.15) is 0 Å². The predicted molar refractivity (Wildman–Crippen MR) is 91.6 cm³/mol. The third kappa shape index (κ3) is 4.58. The van der Waals surface area contributed by atoms with E-state index in [0.717, 1.165) is 23.2 Å². The molecule has 0 aliphatic heterocycles. The second-order valence-electron chi connectivity index (χ2n) is 4.97. The van der Waals surface area contributed by atoms with Gasteiger partial charge in [0, 0.05) is 16.1 Å². The Hall–Kier alpha value is -1.32. The molecular weight excluding hydrogens is 326 g/mol. The van der Waals surface area contributed by atoms with Gasteiger partial charge in [0.15, 0.2) is 0 Å². The molecule has 1 N–H and O–H groups in total. The molecule has 0 bridgehead atoms. The first-order valence-electron chi connectivity index (χ1n) is 7.44. The van der Waals surface area contributed by atoms with Crippen molar-refractivity contribution in [3.05, 3.63) is 64.1 Å². The summed E-state index contributed by atoms with van der Waals surface area (Å²) < 4.78 is 7.12. The van der Waals surface area contributed by atoms with Gasteiger partial charge in [-0.1, -0.05) is 60.1 Å². The zero-order valence-electron chi connectivity index (χ0n) is 12.6. The quantitative estimate of drug-likeness (QED) is 0.753. The highest BCUT2D eigenvalue weighted by Gasteiger charge is 2.13. The molecular formula is C18H22BrNO. The highest BCUT2D eigenvalue weighted by molar-refractivity contribution is 9.10. The fourth-order valence-electron chi connectivity index (χ4n) is 2.36. The van der Waals surface area contributed by atoms with E-state index in [1.165, 1.54) is 11.1 Å². The molecule has 0 radical (unpaired) electrons. The fraction of sp³-hybridized carbons (Fsp3) is 0.333. The van der Waals surface area contributed by atoms with Crippen LogP contribution in [0.4, 0.5) is 0 Å². The van der Waals surface area contributed by atoms with E-state index in [1.54, 1.807) is 0 Å². The molecule has 0 saturated heterocycles. The molecule has 0 aliphatic rings. The van der Waals surface area contributed by atoms with Crippen LogP contribution in [0.25, 0.3) is 0 Å². The predicted octanol–water partition coefficient (Wildman–Crippen LogP) is 5.09. The summed E-state index contributed by atoms with van der Waals surface area (Å²) in [7, 11) is 0. The molecule has 0 saturated carbocycles. The Morgan fingerprint density at radius 3 is 2.43 bits per heavy atom. The second kappa shape index (κ2) is 8.20. The van der Waals surface area contributed by atoms with Crippen LogP contribution in [0.1, 0.15) is 37.4 Å². The van der Waals surface area contributed by atoms with Gasteiger partial charge >= 0.3 is 0 Å². The van der Waals surface area contributed by atoms with Gasteiger partial charge in [0.25, 0.3) is 0 Å². The van der Waals surface area contributed by atoms with Crippen LogP contribution in [-0.2, 0) is 6.61 Å². The van der Waals surface area contributed by atoms with E-state index in [9.17, 15) is 0 Å². The summed E-state index contributed by atoms with van der Waals surface area (Å²) in [4.78, 5) is 0. The molecule has 1 unspecified atom stereocenters. The van der Waals surface area contributed by atoms with E-state index in [0.29, 0.717) is 12.6 Å². The molecule has 0 fully saturated rings. The zero-order valence-corrected chi connectivity index (χ0v) is 14.2. The van der Waals surface area contributed by atoms with Gasteiger partial charge in [0.05, 0.1) is 0 Å². The SMILES string of the molecule is CCNC(CC)c1ccccc1OCc1ccc(Br)cc1. The molecule has 21 heavy (non-hydrogen) atoms. The van der Waals surface area contributed by atoms with Crippen LogP contribution in [0.3, 0.4) is 0 Å². The van der Waals surface area contributed by atoms with Crippen molar-refractivity contribution in [1.29, 1.82) is 0 Å². The van der Waals surface area contributed by atoms with Crippen molar-refractivity contribution in [2.45, 2.75) is 32.9 Å². The number of ether oxygens (including phenoxy) is 1. The van der Waals surface area contributed by atoms with E-state index in [4.69, 9.17) is 4.74 Å². The van der Waals surface area contributed by atoms with Crippen molar-refractivity contribution in [2.75, 3.05) is 6.54 Å². The first kappa shape index (κ1) is 16.1. The van der Waals surface area contributed by atoms with Crippen LogP contribution in [0, 0.1) is 0 Å². The van der Waals surface area contributed by atoms with Crippen LogP contribution < -0.4 is 10.1 Å². The number of hydrogen-bond donors (Lipinski definition) is 1. The number of para-hydroxylation sites is 1. The summed E-state index contributed by atoms with van der Waals surface area (Å²) in [5.41, 5.74) is 2.41. The number of rotatable bonds is 7. The molecule has 0 heterocycles. The van der Waals surface area contributed by atoms with E-state index in [-0.39, 0.29) is 0 Å². The summed E-state index contributed by atoms with van der Waals surface area (Å²) in [5, 5.41) is 3.51. The number of nitrogens with one attached hydrogen (secondary N) is 1. The van der Waals surface area contributed by atoms with Crippen LogP contribution in [0.15, 0.2) is 53.0 Å². The Morgan fingerprint density at radius 1 is 1.05 bits per heavy atom. The maximum absolute atomic E-state index is 6.04. The summed E-state index contributed by atoms with van der Waals surface area (Å²) >= 11 is 3.45. The molecule has 0 amide bonds. The number of benzene rings is 2. The molecule has 0 aliphatic carbocycles. The van der Waals surface area contributed by atoms with E-state index >= 15 is 0 Å². The largest absolute Gasteiger partial charge is 0.489 e. The Labute approximate surface area is 135 Å². The Morgan fingerprint density at radius 2 is 1.76 bits per heavy atom. The van der Waals surface area contributed by atoms with Crippen molar-refractivity contribution in [3.8, 4) is 5.75 Å². The summed E-state index contributed by atoms with van der Waals surface area (Å²) in [6.07, 6.45) is 1.05. The standard InChI is InChI=1S/C18H22BrNO/c1-3-17(20-4-2)16-7-5-6-8-18(16)21-13-14-9-11-15(19)12-10-14/h5-12,17,20H,3-4,13H2,1-2H3. The third-order valence-corrected chi connectivity index (χ3v) is 3.99. The van der Waals surface area contributed by atoms with Crippen molar-refractivity contribution in [1.82, 2.24) is 5.32 Å². The first-order valence-corrected chi connectivity index (χ1v) is 8.23. The highest BCUT2D eigenvalue weighted by Crippen LogP contribution is 2.27. The Kier molecular flexibility index (Phi) is 6.27. The highest BCUT2D eigenvalue weighted by atomic mass is 79.9. The molecule has 0 aromatic heterocycles. The fourth-order valence-corrected chi connectivity index (χ4v) is 2.63. The normalized spacial score (nSPS) is 12.1. The van der Waals surface area contributed by atoms with E-state index in [2.05, 4.69) is 59.4 Å². The Bertz CT molecular complexity index is 553. The molecule has 3 heteroatoms. The van der Waals surface area contributed by atoms with Gasteiger partial charge in [-0.15, -0.1) is 0 Å². The average molecular weight is 348 g/mol. The lowest BCUT2D eigenvalue weighted by Gasteiger charge is -2.20. The maximum Gasteiger partial charge on any atom is 0.124 e. The minimum atomic E-state index is 0.344. The first-order chi connectivity index (χ1) is 10.2. The van der Waals surface area contributed by atoms with Gasteiger partial charge in [-0.25, -0.2) is 0 Å². The molecule has 2 aromatic rings. The van der Waals surface area contributed by atoms with Crippen molar-refractivity contribution in [3.63, 3.8) is 0 Å². The zero-order chi connectivity index (χ0) is 15.1. The van der Waals surface area contributed by atoms with Crippen molar-refractivity contribution in [2.24, 2.45) is 0 Å². The lowest BCUT2D eigenvalue weighted by Crippen LogP contribution is -2.20. The summed E-state index contributed by atoms with van der Waals surface area (Å²) in [5.74, 6) is 0.966. The van der Waals surface area contributed by atoms with Gasteiger partial charge in [-0.3, -0.25) is 0 Å². The number of halogens is 1. The minimum absolute atomic E-state index is 0.344. The van der Waals surface area contributed by atoms with Gasteiger partial charge in [0.2, 0.25) is 0 Å². The maximum atomic E-state index is 6.04. The number of hydrogen-bond acceptors (Lipinski definition) is 2. The summed E-state index contributed by atoms with van der Waals surface area (Å²) in [6, 6.07) is 16.9.